The predicted octanol–water partition coefficient (Wildman–Crippen LogP) is 2.60. The standard InChI is InChI=1S/C9H18O/c1-4-9(3)6-5-8(2)7-10-9/h8H,4-7H2,1-3H3. The Labute approximate surface area is 63.8 Å². The normalized spacial score (nSPS) is 41.7. The highest BCUT2D eigenvalue weighted by atomic mass is 16.5. The zero-order chi connectivity index (χ0) is 7.61. The second-order valence-electron chi connectivity index (χ2n) is 3.76. The lowest BCUT2D eigenvalue weighted by molar-refractivity contribution is -0.0871. The molecule has 1 fully saturated rings. The van der Waals surface area contributed by atoms with Crippen LogP contribution in [0, 0.1) is 5.92 Å². The van der Waals surface area contributed by atoms with Gasteiger partial charge >= 0.3 is 0 Å². The zero-order valence-electron chi connectivity index (χ0n) is 7.31. The number of hydrogen-bond acceptors (Lipinski definition) is 1. The van der Waals surface area contributed by atoms with E-state index in [1.807, 2.05) is 0 Å². The molecule has 0 aliphatic carbocycles. The SMILES string of the molecule is CCC1(C)CCC(C)CO1. The molecule has 1 heterocycles. The van der Waals surface area contributed by atoms with Crippen LogP contribution in [0.4, 0.5) is 0 Å². The first kappa shape index (κ1) is 8.06. The highest BCUT2D eigenvalue weighted by Crippen LogP contribution is 2.29. The molecule has 0 aromatic heterocycles. The highest BCUT2D eigenvalue weighted by molar-refractivity contribution is 4.78. The summed E-state index contributed by atoms with van der Waals surface area (Å²) in [5.41, 5.74) is 0.201. The van der Waals surface area contributed by atoms with Gasteiger partial charge in [-0.05, 0) is 32.1 Å². The van der Waals surface area contributed by atoms with E-state index in [4.69, 9.17) is 4.74 Å². The third-order valence-electron chi connectivity index (χ3n) is 2.63. The summed E-state index contributed by atoms with van der Waals surface area (Å²) >= 11 is 0. The van der Waals surface area contributed by atoms with E-state index in [9.17, 15) is 0 Å². The van der Waals surface area contributed by atoms with E-state index in [1.54, 1.807) is 0 Å². The van der Waals surface area contributed by atoms with Crippen molar-refractivity contribution in [1.29, 1.82) is 0 Å². The molecule has 1 aliphatic rings. The fourth-order valence-electron chi connectivity index (χ4n) is 1.33. The average molecular weight is 142 g/mol. The molecule has 1 rings (SSSR count). The van der Waals surface area contributed by atoms with Crippen LogP contribution in [0.25, 0.3) is 0 Å². The lowest BCUT2D eigenvalue weighted by Gasteiger charge is -2.35. The molecule has 0 aromatic carbocycles. The van der Waals surface area contributed by atoms with E-state index < -0.39 is 0 Å². The molecule has 1 aliphatic heterocycles. The Kier molecular flexibility index (Phi) is 2.35. The van der Waals surface area contributed by atoms with E-state index in [-0.39, 0.29) is 5.60 Å². The van der Waals surface area contributed by atoms with Gasteiger partial charge in [-0.2, -0.15) is 0 Å². The molecule has 2 unspecified atom stereocenters. The minimum Gasteiger partial charge on any atom is -0.375 e. The first-order valence-corrected chi connectivity index (χ1v) is 4.30. The number of hydrogen-bond donors (Lipinski definition) is 0. The fraction of sp³-hybridized carbons (Fsp3) is 1.00. The number of rotatable bonds is 1. The predicted molar refractivity (Wildman–Crippen MR) is 43.0 cm³/mol. The van der Waals surface area contributed by atoms with Crippen molar-refractivity contribution in [2.24, 2.45) is 5.92 Å². The molecular weight excluding hydrogens is 124 g/mol. The van der Waals surface area contributed by atoms with Gasteiger partial charge in [0.1, 0.15) is 0 Å². The van der Waals surface area contributed by atoms with Crippen LogP contribution in [0.1, 0.15) is 40.0 Å². The molecule has 1 saturated heterocycles. The molecule has 1 nitrogen and oxygen atoms in total. The second kappa shape index (κ2) is 2.91. The maximum atomic E-state index is 5.73. The maximum Gasteiger partial charge on any atom is 0.0652 e. The van der Waals surface area contributed by atoms with Crippen molar-refractivity contribution in [3.05, 3.63) is 0 Å². The van der Waals surface area contributed by atoms with E-state index in [0.717, 1.165) is 18.9 Å². The lowest BCUT2D eigenvalue weighted by atomic mass is 9.89. The summed E-state index contributed by atoms with van der Waals surface area (Å²) in [6, 6.07) is 0. The molecule has 0 N–H and O–H groups in total. The van der Waals surface area contributed by atoms with Crippen molar-refractivity contribution < 1.29 is 4.74 Å². The van der Waals surface area contributed by atoms with Crippen LogP contribution >= 0.6 is 0 Å². The fourth-order valence-corrected chi connectivity index (χ4v) is 1.33. The summed E-state index contributed by atoms with van der Waals surface area (Å²) in [6.07, 6.45) is 3.73. The zero-order valence-corrected chi connectivity index (χ0v) is 7.31. The van der Waals surface area contributed by atoms with Gasteiger partial charge in [0.05, 0.1) is 5.60 Å². The van der Waals surface area contributed by atoms with Crippen LogP contribution in [-0.2, 0) is 4.74 Å². The highest BCUT2D eigenvalue weighted by Gasteiger charge is 2.28. The Morgan fingerprint density at radius 3 is 2.70 bits per heavy atom. The van der Waals surface area contributed by atoms with Gasteiger partial charge in [-0.3, -0.25) is 0 Å². The van der Waals surface area contributed by atoms with Crippen molar-refractivity contribution in [3.8, 4) is 0 Å². The summed E-state index contributed by atoms with van der Waals surface area (Å²) in [5, 5.41) is 0. The quantitative estimate of drug-likeness (QED) is 0.547. The summed E-state index contributed by atoms with van der Waals surface area (Å²) in [4.78, 5) is 0. The Bertz CT molecular complexity index is 101. The molecule has 0 amide bonds. The molecule has 0 saturated carbocycles. The van der Waals surface area contributed by atoms with Crippen molar-refractivity contribution in [1.82, 2.24) is 0 Å². The van der Waals surface area contributed by atoms with Crippen LogP contribution in [0.2, 0.25) is 0 Å². The summed E-state index contributed by atoms with van der Waals surface area (Å²) in [6.45, 7) is 7.65. The first-order chi connectivity index (χ1) is 4.66. The van der Waals surface area contributed by atoms with Crippen LogP contribution < -0.4 is 0 Å². The summed E-state index contributed by atoms with van der Waals surface area (Å²) in [5.74, 6) is 0.777. The van der Waals surface area contributed by atoms with Crippen molar-refractivity contribution in [2.45, 2.75) is 45.6 Å². The minimum absolute atomic E-state index is 0.201. The van der Waals surface area contributed by atoms with E-state index in [1.165, 1.54) is 12.8 Å². The summed E-state index contributed by atoms with van der Waals surface area (Å²) in [7, 11) is 0. The summed E-state index contributed by atoms with van der Waals surface area (Å²) < 4.78 is 5.73. The Morgan fingerprint density at radius 1 is 1.60 bits per heavy atom. The van der Waals surface area contributed by atoms with Crippen LogP contribution in [0.15, 0.2) is 0 Å². The van der Waals surface area contributed by atoms with E-state index in [0.29, 0.717) is 0 Å². The van der Waals surface area contributed by atoms with Gasteiger partial charge < -0.3 is 4.74 Å². The maximum absolute atomic E-state index is 5.73. The molecule has 60 valence electrons. The van der Waals surface area contributed by atoms with Gasteiger partial charge in [0.2, 0.25) is 0 Å². The molecule has 0 aromatic rings. The first-order valence-electron chi connectivity index (χ1n) is 4.30. The Hall–Kier alpha value is -0.0400. The average Bonchev–Trinajstić information content (AvgIpc) is 1.96. The largest absolute Gasteiger partial charge is 0.375 e. The molecule has 0 bridgehead atoms. The molecule has 0 radical (unpaired) electrons. The smallest absolute Gasteiger partial charge is 0.0652 e. The molecular formula is C9H18O. The topological polar surface area (TPSA) is 9.23 Å². The van der Waals surface area contributed by atoms with Gasteiger partial charge in [-0.15, -0.1) is 0 Å². The van der Waals surface area contributed by atoms with Gasteiger partial charge in [0.15, 0.2) is 0 Å². The van der Waals surface area contributed by atoms with Crippen LogP contribution in [0.3, 0.4) is 0 Å². The third-order valence-corrected chi connectivity index (χ3v) is 2.63. The van der Waals surface area contributed by atoms with Gasteiger partial charge in [0.25, 0.3) is 0 Å². The second-order valence-corrected chi connectivity index (χ2v) is 3.76. The van der Waals surface area contributed by atoms with Crippen molar-refractivity contribution in [3.63, 3.8) is 0 Å². The lowest BCUT2D eigenvalue weighted by Crippen LogP contribution is -2.35. The van der Waals surface area contributed by atoms with Crippen molar-refractivity contribution in [2.75, 3.05) is 6.61 Å². The molecule has 2 atom stereocenters. The minimum atomic E-state index is 0.201. The molecule has 10 heavy (non-hydrogen) atoms. The van der Waals surface area contributed by atoms with E-state index in [2.05, 4.69) is 20.8 Å². The molecule has 1 heteroatoms. The van der Waals surface area contributed by atoms with Gasteiger partial charge in [-0.1, -0.05) is 13.8 Å². The van der Waals surface area contributed by atoms with Gasteiger partial charge in [-0.25, -0.2) is 0 Å². The Morgan fingerprint density at radius 2 is 2.30 bits per heavy atom. The Balaban J connectivity index is 2.38. The van der Waals surface area contributed by atoms with E-state index >= 15 is 0 Å². The van der Waals surface area contributed by atoms with Crippen molar-refractivity contribution >= 4 is 0 Å². The monoisotopic (exact) mass is 142 g/mol. The van der Waals surface area contributed by atoms with Crippen LogP contribution in [-0.4, -0.2) is 12.2 Å². The third kappa shape index (κ3) is 1.72. The van der Waals surface area contributed by atoms with Crippen LogP contribution in [0.5, 0.6) is 0 Å². The number of ether oxygens (including phenoxy) is 1. The molecule has 0 spiro atoms. The van der Waals surface area contributed by atoms with Gasteiger partial charge in [0, 0.05) is 6.61 Å².